The first-order valence-corrected chi connectivity index (χ1v) is 5.76. The Hall–Kier alpha value is -2.41. The number of benzene rings is 2. The third-order valence-corrected chi connectivity index (χ3v) is 2.81. The van der Waals surface area contributed by atoms with Crippen LogP contribution in [0.2, 0.25) is 0 Å². The SMILES string of the molecule is O=c1c2ccccc2oc2c(OC(O)(O)O)cccc12. The molecule has 3 rings (SSSR count). The first-order chi connectivity index (χ1) is 9.46. The highest BCUT2D eigenvalue weighted by molar-refractivity contribution is 5.92. The van der Waals surface area contributed by atoms with Gasteiger partial charge in [0.1, 0.15) is 5.58 Å². The van der Waals surface area contributed by atoms with Gasteiger partial charge in [-0.1, -0.05) is 18.2 Å². The Morgan fingerprint density at radius 3 is 2.40 bits per heavy atom. The van der Waals surface area contributed by atoms with Crippen LogP contribution in [0, 0.1) is 0 Å². The molecule has 0 fully saturated rings. The van der Waals surface area contributed by atoms with Gasteiger partial charge in [0.25, 0.3) is 0 Å². The molecule has 102 valence electrons. The normalized spacial score (nSPS) is 11.9. The molecule has 0 saturated heterocycles. The minimum Gasteiger partial charge on any atom is -0.452 e. The van der Waals surface area contributed by atoms with Gasteiger partial charge in [-0.05, 0) is 24.3 Å². The fourth-order valence-electron chi connectivity index (χ4n) is 2.03. The highest BCUT2D eigenvalue weighted by atomic mass is 16.9. The molecule has 0 bridgehead atoms. The zero-order chi connectivity index (χ0) is 14.3. The van der Waals surface area contributed by atoms with Crippen LogP contribution in [0.5, 0.6) is 5.75 Å². The van der Waals surface area contributed by atoms with E-state index in [0.29, 0.717) is 11.0 Å². The van der Waals surface area contributed by atoms with Crippen molar-refractivity contribution < 1.29 is 24.5 Å². The van der Waals surface area contributed by atoms with Gasteiger partial charge in [0.2, 0.25) is 5.43 Å². The summed E-state index contributed by atoms with van der Waals surface area (Å²) in [4.78, 5) is 12.3. The van der Waals surface area contributed by atoms with Crippen LogP contribution < -0.4 is 10.2 Å². The van der Waals surface area contributed by atoms with E-state index >= 15 is 0 Å². The van der Waals surface area contributed by atoms with Gasteiger partial charge in [-0.25, -0.2) is 0 Å². The molecule has 0 radical (unpaired) electrons. The molecule has 1 heterocycles. The molecular weight excluding hydrogens is 264 g/mol. The minimum atomic E-state index is -3.35. The Morgan fingerprint density at radius 2 is 1.65 bits per heavy atom. The van der Waals surface area contributed by atoms with Crippen LogP contribution in [0.1, 0.15) is 0 Å². The van der Waals surface area contributed by atoms with Crippen LogP contribution in [-0.2, 0) is 0 Å². The number of hydrogen-bond acceptors (Lipinski definition) is 6. The van der Waals surface area contributed by atoms with Crippen LogP contribution in [0.4, 0.5) is 0 Å². The lowest BCUT2D eigenvalue weighted by Gasteiger charge is -2.16. The van der Waals surface area contributed by atoms with E-state index in [-0.39, 0.29) is 22.1 Å². The molecule has 0 amide bonds. The Bertz CT molecular complexity index is 844. The van der Waals surface area contributed by atoms with Gasteiger partial charge >= 0.3 is 6.16 Å². The van der Waals surface area contributed by atoms with Gasteiger partial charge in [0, 0.05) is 0 Å². The molecule has 0 spiro atoms. The van der Waals surface area contributed by atoms with Crippen molar-refractivity contribution in [1.29, 1.82) is 0 Å². The second-order valence-electron chi connectivity index (χ2n) is 4.24. The van der Waals surface area contributed by atoms with Crippen molar-refractivity contribution in [1.82, 2.24) is 0 Å². The van der Waals surface area contributed by atoms with Gasteiger partial charge < -0.3 is 24.5 Å². The summed E-state index contributed by atoms with van der Waals surface area (Å²) in [5.41, 5.74) is 0.0879. The molecule has 6 nitrogen and oxygen atoms in total. The van der Waals surface area contributed by atoms with Gasteiger partial charge in [-0.2, -0.15) is 0 Å². The Labute approximate surface area is 112 Å². The van der Waals surface area contributed by atoms with Crippen molar-refractivity contribution in [2.75, 3.05) is 0 Å². The van der Waals surface area contributed by atoms with Gasteiger partial charge in [-0.3, -0.25) is 4.79 Å². The van der Waals surface area contributed by atoms with Crippen LogP contribution >= 0.6 is 0 Å². The van der Waals surface area contributed by atoms with Crippen molar-refractivity contribution >= 4 is 21.9 Å². The Balaban J connectivity index is 2.37. The largest absolute Gasteiger partial charge is 0.453 e. The van der Waals surface area contributed by atoms with Crippen molar-refractivity contribution in [2.24, 2.45) is 0 Å². The Kier molecular flexibility index (Phi) is 2.72. The van der Waals surface area contributed by atoms with E-state index in [9.17, 15) is 4.79 Å². The van der Waals surface area contributed by atoms with Crippen LogP contribution in [-0.4, -0.2) is 21.5 Å². The lowest BCUT2D eigenvalue weighted by Crippen LogP contribution is -2.34. The fourth-order valence-corrected chi connectivity index (χ4v) is 2.03. The summed E-state index contributed by atoms with van der Waals surface area (Å²) in [5.74, 6) is -0.155. The molecule has 0 saturated carbocycles. The summed E-state index contributed by atoms with van der Waals surface area (Å²) < 4.78 is 10.1. The summed E-state index contributed by atoms with van der Waals surface area (Å²) in [6.07, 6.45) is -3.35. The molecule has 0 aliphatic heterocycles. The lowest BCUT2D eigenvalue weighted by atomic mass is 10.1. The molecule has 3 aromatic rings. The number of ether oxygens (including phenoxy) is 1. The summed E-state index contributed by atoms with van der Waals surface area (Å²) in [6.45, 7) is 0. The standard InChI is InChI=1S/C14H10O6/c15-12-8-4-1-2-6-10(8)19-13-9(12)5-3-7-11(13)20-14(16,17)18/h1-7,16-18H. The summed E-state index contributed by atoms with van der Waals surface area (Å²) >= 11 is 0. The third-order valence-electron chi connectivity index (χ3n) is 2.81. The van der Waals surface area contributed by atoms with Gasteiger partial charge in [-0.15, -0.1) is 0 Å². The monoisotopic (exact) mass is 274 g/mol. The first kappa shape index (κ1) is 12.6. The second-order valence-corrected chi connectivity index (χ2v) is 4.24. The predicted octanol–water partition coefficient (Wildman–Crippen LogP) is 0.913. The molecule has 20 heavy (non-hydrogen) atoms. The number of hydrogen-bond donors (Lipinski definition) is 3. The van der Waals surface area contributed by atoms with Crippen LogP contribution in [0.3, 0.4) is 0 Å². The first-order valence-electron chi connectivity index (χ1n) is 5.76. The van der Waals surface area contributed by atoms with Crippen LogP contribution in [0.25, 0.3) is 21.9 Å². The van der Waals surface area contributed by atoms with E-state index in [2.05, 4.69) is 4.74 Å². The molecule has 6 heteroatoms. The predicted molar refractivity (Wildman–Crippen MR) is 70.0 cm³/mol. The van der Waals surface area contributed by atoms with Crippen molar-refractivity contribution in [3.05, 3.63) is 52.7 Å². The second kappa shape index (κ2) is 4.31. The highest BCUT2D eigenvalue weighted by Gasteiger charge is 2.23. The van der Waals surface area contributed by atoms with Crippen LogP contribution in [0.15, 0.2) is 51.7 Å². The highest BCUT2D eigenvalue weighted by Crippen LogP contribution is 2.28. The average molecular weight is 274 g/mol. The van der Waals surface area contributed by atoms with Gasteiger partial charge in [0.05, 0.1) is 10.8 Å². The number of fused-ring (bicyclic) bond motifs is 2. The maximum absolute atomic E-state index is 12.3. The molecule has 0 aliphatic rings. The molecule has 0 unspecified atom stereocenters. The maximum Gasteiger partial charge on any atom is 0.453 e. The summed E-state index contributed by atoms with van der Waals surface area (Å²) in [7, 11) is 0. The zero-order valence-corrected chi connectivity index (χ0v) is 10.1. The third kappa shape index (κ3) is 2.12. The average Bonchev–Trinajstić information content (AvgIpc) is 2.39. The van der Waals surface area contributed by atoms with E-state index in [1.807, 2.05) is 0 Å². The number of aliphatic hydroxyl groups is 3. The quantitative estimate of drug-likeness (QED) is 0.474. The van der Waals surface area contributed by atoms with E-state index in [4.69, 9.17) is 19.7 Å². The van der Waals surface area contributed by atoms with Crippen molar-refractivity contribution in [3.8, 4) is 5.75 Å². The molecule has 3 N–H and O–H groups in total. The van der Waals surface area contributed by atoms with E-state index in [0.717, 1.165) is 0 Å². The summed E-state index contributed by atoms with van der Waals surface area (Å²) in [5, 5.41) is 27.3. The summed E-state index contributed by atoms with van der Waals surface area (Å²) in [6, 6.07) is 11.0. The number of para-hydroxylation sites is 2. The molecule has 0 atom stereocenters. The molecule has 2 aromatic carbocycles. The fraction of sp³-hybridized carbons (Fsp3) is 0.0714. The molecular formula is C14H10O6. The number of rotatable bonds is 2. The zero-order valence-electron chi connectivity index (χ0n) is 10.1. The van der Waals surface area contributed by atoms with Crippen molar-refractivity contribution in [2.45, 2.75) is 6.16 Å². The smallest absolute Gasteiger partial charge is 0.452 e. The van der Waals surface area contributed by atoms with Gasteiger partial charge in [0.15, 0.2) is 11.3 Å². The maximum atomic E-state index is 12.3. The lowest BCUT2D eigenvalue weighted by molar-refractivity contribution is -0.419. The topological polar surface area (TPSA) is 100 Å². The molecule has 1 aromatic heterocycles. The van der Waals surface area contributed by atoms with Crippen molar-refractivity contribution in [3.63, 3.8) is 0 Å². The minimum absolute atomic E-state index is 0.0257. The van der Waals surface area contributed by atoms with E-state index < -0.39 is 6.16 Å². The molecule has 0 aliphatic carbocycles. The van der Waals surface area contributed by atoms with E-state index in [1.165, 1.54) is 18.2 Å². The Morgan fingerprint density at radius 1 is 0.950 bits per heavy atom. The van der Waals surface area contributed by atoms with E-state index in [1.54, 1.807) is 24.3 Å².